The minimum Gasteiger partial charge on any atom is -0.497 e. The predicted octanol–water partition coefficient (Wildman–Crippen LogP) is 6.27. The van der Waals surface area contributed by atoms with Gasteiger partial charge in [-0.05, 0) is 82.7 Å². The maximum Gasteiger partial charge on any atom is 0.162 e. The molecule has 0 saturated carbocycles. The minimum atomic E-state index is 0.495. The van der Waals surface area contributed by atoms with Crippen LogP contribution >= 0.6 is 0 Å². The molecule has 4 aromatic rings. The molecule has 0 aromatic heterocycles. The number of piperidine rings is 1. The third-order valence-corrected chi connectivity index (χ3v) is 6.64. The SMILES string of the molecule is COc1ccc2c(CC3CCCCN3)cc3cc(OC)c(OCc4ccccc4)cc3c2c1. The van der Waals surface area contributed by atoms with Gasteiger partial charge in [-0.1, -0.05) is 48.9 Å². The Morgan fingerprint density at radius 3 is 2.45 bits per heavy atom. The van der Waals surface area contributed by atoms with Crippen LogP contribution in [0.15, 0.2) is 66.7 Å². The first-order valence-electron chi connectivity index (χ1n) is 11.8. The van der Waals surface area contributed by atoms with Gasteiger partial charge in [-0.25, -0.2) is 0 Å². The number of hydrogen-bond donors (Lipinski definition) is 1. The minimum absolute atomic E-state index is 0.495. The zero-order valence-electron chi connectivity index (χ0n) is 19.4. The van der Waals surface area contributed by atoms with Crippen molar-refractivity contribution in [1.82, 2.24) is 5.32 Å². The standard InChI is InChI=1S/C29H31NO3/c1-31-24-11-12-25-21(15-23-10-6-7-13-30-23)14-22-16-28(32-2)29(18-26(22)27(25)17-24)33-19-20-8-4-3-5-9-20/h3-5,8-9,11-12,14,16-18,23,30H,6-7,10,13,15,19H2,1-2H3. The van der Waals surface area contributed by atoms with E-state index in [2.05, 4.69) is 53.8 Å². The van der Waals surface area contributed by atoms with E-state index in [1.165, 1.54) is 35.6 Å². The number of methoxy groups -OCH3 is 2. The fourth-order valence-electron chi connectivity index (χ4n) is 4.89. The fraction of sp³-hybridized carbons (Fsp3) is 0.310. The molecule has 0 radical (unpaired) electrons. The lowest BCUT2D eigenvalue weighted by Gasteiger charge is -2.24. The van der Waals surface area contributed by atoms with Gasteiger partial charge >= 0.3 is 0 Å². The summed E-state index contributed by atoms with van der Waals surface area (Å²) in [5.74, 6) is 2.36. The van der Waals surface area contributed by atoms with Crippen LogP contribution in [0.5, 0.6) is 17.2 Å². The average molecular weight is 442 g/mol. The van der Waals surface area contributed by atoms with Gasteiger partial charge < -0.3 is 19.5 Å². The van der Waals surface area contributed by atoms with E-state index in [-0.39, 0.29) is 0 Å². The zero-order valence-corrected chi connectivity index (χ0v) is 19.4. The number of fused-ring (bicyclic) bond motifs is 3. The van der Waals surface area contributed by atoms with E-state index in [0.717, 1.165) is 46.6 Å². The summed E-state index contributed by atoms with van der Waals surface area (Å²) in [5.41, 5.74) is 2.49. The van der Waals surface area contributed by atoms with Gasteiger partial charge in [0.1, 0.15) is 12.4 Å². The first-order valence-corrected chi connectivity index (χ1v) is 11.8. The summed E-state index contributed by atoms with van der Waals surface area (Å²) in [6, 6.07) is 23.7. The second-order valence-corrected chi connectivity index (χ2v) is 8.80. The smallest absolute Gasteiger partial charge is 0.162 e. The highest BCUT2D eigenvalue weighted by Gasteiger charge is 2.17. The van der Waals surface area contributed by atoms with Crippen LogP contribution in [-0.4, -0.2) is 26.8 Å². The molecule has 0 aliphatic carbocycles. The molecule has 4 heteroatoms. The topological polar surface area (TPSA) is 39.7 Å². The van der Waals surface area contributed by atoms with Crippen molar-refractivity contribution in [2.45, 2.75) is 38.3 Å². The Morgan fingerprint density at radius 1 is 0.818 bits per heavy atom. The highest BCUT2D eigenvalue weighted by atomic mass is 16.5. The van der Waals surface area contributed by atoms with Gasteiger partial charge in [-0.3, -0.25) is 0 Å². The molecule has 0 bridgehead atoms. The van der Waals surface area contributed by atoms with Gasteiger partial charge in [0.25, 0.3) is 0 Å². The normalized spacial score (nSPS) is 16.1. The molecule has 4 aromatic carbocycles. The van der Waals surface area contributed by atoms with Gasteiger partial charge in [0.15, 0.2) is 11.5 Å². The third-order valence-electron chi connectivity index (χ3n) is 6.64. The van der Waals surface area contributed by atoms with Gasteiger partial charge in [0.2, 0.25) is 0 Å². The highest BCUT2D eigenvalue weighted by Crippen LogP contribution is 2.39. The lowest BCUT2D eigenvalue weighted by Crippen LogP contribution is -2.35. The zero-order chi connectivity index (χ0) is 22.6. The van der Waals surface area contributed by atoms with Crippen molar-refractivity contribution < 1.29 is 14.2 Å². The summed E-state index contributed by atoms with van der Waals surface area (Å²) in [5, 5.41) is 8.46. The summed E-state index contributed by atoms with van der Waals surface area (Å²) in [6.45, 7) is 1.61. The van der Waals surface area contributed by atoms with Gasteiger partial charge in [-0.2, -0.15) is 0 Å². The number of nitrogens with one attached hydrogen (secondary N) is 1. The number of ether oxygens (including phenoxy) is 3. The van der Waals surface area contributed by atoms with Gasteiger partial charge in [0.05, 0.1) is 14.2 Å². The summed E-state index contributed by atoms with van der Waals surface area (Å²) in [4.78, 5) is 0. The Labute approximate surface area is 195 Å². The van der Waals surface area contributed by atoms with Gasteiger partial charge in [-0.15, -0.1) is 0 Å². The third kappa shape index (κ3) is 4.62. The van der Waals surface area contributed by atoms with Crippen LogP contribution in [-0.2, 0) is 13.0 Å². The van der Waals surface area contributed by atoms with E-state index < -0.39 is 0 Å². The van der Waals surface area contributed by atoms with Crippen LogP contribution in [0.4, 0.5) is 0 Å². The first kappa shape index (κ1) is 21.6. The van der Waals surface area contributed by atoms with E-state index in [9.17, 15) is 0 Å². The molecule has 33 heavy (non-hydrogen) atoms. The van der Waals surface area contributed by atoms with Crippen molar-refractivity contribution in [2.24, 2.45) is 0 Å². The molecule has 1 aliphatic heterocycles. The lowest BCUT2D eigenvalue weighted by atomic mass is 9.91. The van der Waals surface area contributed by atoms with Crippen LogP contribution in [0.2, 0.25) is 0 Å². The summed E-state index contributed by atoms with van der Waals surface area (Å²) in [7, 11) is 3.42. The maximum atomic E-state index is 6.21. The average Bonchev–Trinajstić information content (AvgIpc) is 2.88. The van der Waals surface area contributed by atoms with Crippen LogP contribution in [0.1, 0.15) is 30.4 Å². The number of benzene rings is 4. The Kier molecular flexibility index (Phi) is 6.36. The predicted molar refractivity (Wildman–Crippen MR) is 135 cm³/mol. The van der Waals surface area contributed by atoms with Crippen LogP contribution in [0.25, 0.3) is 21.5 Å². The largest absolute Gasteiger partial charge is 0.497 e. The summed E-state index contributed by atoms with van der Waals surface area (Å²) < 4.78 is 17.5. The summed E-state index contributed by atoms with van der Waals surface area (Å²) in [6.07, 6.45) is 4.82. The summed E-state index contributed by atoms with van der Waals surface area (Å²) >= 11 is 0. The van der Waals surface area contributed by atoms with E-state index in [1.807, 2.05) is 18.2 Å². The quantitative estimate of drug-likeness (QED) is 0.343. The van der Waals surface area contributed by atoms with Crippen LogP contribution in [0.3, 0.4) is 0 Å². The molecule has 1 unspecified atom stereocenters. The van der Waals surface area contributed by atoms with E-state index in [4.69, 9.17) is 14.2 Å². The molecule has 170 valence electrons. The second kappa shape index (κ2) is 9.72. The molecule has 1 atom stereocenters. The molecule has 0 amide bonds. The molecular formula is C29H31NO3. The number of rotatable bonds is 7. The molecule has 1 saturated heterocycles. The highest BCUT2D eigenvalue weighted by molar-refractivity contribution is 6.10. The van der Waals surface area contributed by atoms with Crippen LogP contribution in [0, 0.1) is 0 Å². The Morgan fingerprint density at radius 2 is 1.70 bits per heavy atom. The Bertz CT molecular complexity index is 1250. The molecule has 1 heterocycles. The van der Waals surface area contributed by atoms with Gasteiger partial charge in [0, 0.05) is 6.04 Å². The molecule has 4 nitrogen and oxygen atoms in total. The molecule has 5 rings (SSSR count). The molecular weight excluding hydrogens is 410 g/mol. The van der Waals surface area contributed by atoms with Crippen molar-refractivity contribution in [3.63, 3.8) is 0 Å². The number of hydrogen-bond acceptors (Lipinski definition) is 4. The van der Waals surface area contributed by atoms with Crippen molar-refractivity contribution in [1.29, 1.82) is 0 Å². The van der Waals surface area contributed by atoms with E-state index in [1.54, 1.807) is 14.2 Å². The molecule has 1 fully saturated rings. The van der Waals surface area contributed by atoms with Crippen molar-refractivity contribution >= 4 is 21.5 Å². The Balaban J connectivity index is 1.60. The van der Waals surface area contributed by atoms with Crippen LogP contribution < -0.4 is 19.5 Å². The van der Waals surface area contributed by atoms with Crippen molar-refractivity contribution in [3.8, 4) is 17.2 Å². The lowest BCUT2D eigenvalue weighted by molar-refractivity contribution is 0.285. The molecule has 1 N–H and O–H groups in total. The first-order chi connectivity index (χ1) is 16.2. The molecule has 0 spiro atoms. The van der Waals surface area contributed by atoms with E-state index >= 15 is 0 Å². The fourth-order valence-corrected chi connectivity index (χ4v) is 4.89. The second-order valence-electron chi connectivity index (χ2n) is 8.80. The Hall–Kier alpha value is -3.24. The maximum absolute atomic E-state index is 6.21. The van der Waals surface area contributed by atoms with Crippen molar-refractivity contribution in [2.75, 3.05) is 20.8 Å². The van der Waals surface area contributed by atoms with Crippen molar-refractivity contribution in [3.05, 3.63) is 77.9 Å². The molecule has 1 aliphatic rings. The van der Waals surface area contributed by atoms with E-state index in [0.29, 0.717) is 12.6 Å². The monoisotopic (exact) mass is 441 g/mol.